The maximum atomic E-state index is 5.69. The topological polar surface area (TPSA) is 47.3 Å². The minimum absolute atomic E-state index is 0. The third-order valence-corrected chi connectivity index (χ3v) is 2.79. The summed E-state index contributed by atoms with van der Waals surface area (Å²) in [6.45, 7) is 3.87. The van der Waals surface area contributed by atoms with Gasteiger partial charge in [0.15, 0.2) is 0 Å². The van der Waals surface area contributed by atoms with Crippen molar-refractivity contribution in [1.29, 1.82) is 0 Å². The second-order valence-corrected chi connectivity index (χ2v) is 4.09. The molecular weight excluding hydrogens is 259 g/mol. The fourth-order valence-electron chi connectivity index (χ4n) is 1.91. The summed E-state index contributed by atoms with van der Waals surface area (Å²) in [6.07, 6.45) is 2.73. The SMILES string of the molecule is Cc1cc(N)ccc1NCC1CCCO1.Cl.Cl. The van der Waals surface area contributed by atoms with Crippen LogP contribution < -0.4 is 11.1 Å². The number of nitrogen functional groups attached to an aromatic ring is 1. The lowest BCUT2D eigenvalue weighted by molar-refractivity contribution is 0.120. The standard InChI is InChI=1S/C12H18N2O.2ClH/c1-9-7-10(13)4-5-12(9)14-8-11-3-2-6-15-11;;/h4-5,7,11,14H,2-3,6,8,13H2,1H3;2*1H. The predicted octanol–water partition coefficient (Wildman–Crippen LogP) is 3.01. The van der Waals surface area contributed by atoms with Gasteiger partial charge in [0, 0.05) is 24.5 Å². The second kappa shape index (κ2) is 7.64. The van der Waals surface area contributed by atoms with Gasteiger partial charge in [-0.15, -0.1) is 24.8 Å². The number of ether oxygens (including phenoxy) is 1. The van der Waals surface area contributed by atoms with Gasteiger partial charge in [-0.1, -0.05) is 0 Å². The molecule has 17 heavy (non-hydrogen) atoms. The molecule has 1 aromatic carbocycles. The van der Waals surface area contributed by atoms with E-state index in [1.54, 1.807) is 0 Å². The van der Waals surface area contributed by atoms with Crippen LogP contribution in [0.5, 0.6) is 0 Å². The van der Waals surface area contributed by atoms with Crippen molar-refractivity contribution in [3.63, 3.8) is 0 Å². The predicted molar refractivity (Wildman–Crippen MR) is 77.6 cm³/mol. The number of benzene rings is 1. The molecule has 1 atom stereocenters. The van der Waals surface area contributed by atoms with Crippen molar-refractivity contribution < 1.29 is 4.74 Å². The maximum Gasteiger partial charge on any atom is 0.0748 e. The number of aryl methyl sites for hydroxylation is 1. The highest BCUT2D eigenvalue weighted by molar-refractivity contribution is 5.85. The van der Waals surface area contributed by atoms with Crippen molar-refractivity contribution in [3.8, 4) is 0 Å². The minimum Gasteiger partial charge on any atom is -0.399 e. The number of hydrogen-bond acceptors (Lipinski definition) is 3. The van der Waals surface area contributed by atoms with Crippen molar-refractivity contribution in [3.05, 3.63) is 23.8 Å². The molecule has 1 saturated heterocycles. The number of nitrogens with one attached hydrogen (secondary N) is 1. The molecule has 0 spiro atoms. The quantitative estimate of drug-likeness (QED) is 0.836. The van der Waals surface area contributed by atoms with Crippen LogP contribution in [0.3, 0.4) is 0 Å². The van der Waals surface area contributed by atoms with E-state index in [1.165, 1.54) is 18.4 Å². The Morgan fingerprint density at radius 1 is 1.41 bits per heavy atom. The van der Waals surface area contributed by atoms with Crippen LogP contribution in [0.1, 0.15) is 18.4 Å². The van der Waals surface area contributed by atoms with Gasteiger partial charge < -0.3 is 15.8 Å². The third-order valence-electron chi connectivity index (χ3n) is 2.79. The van der Waals surface area contributed by atoms with Gasteiger partial charge in [-0.25, -0.2) is 0 Å². The lowest BCUT2D eigenvalue weighted by Gasteiger charge is -2.13. The van der Waals surface area contributed by atoms with Crippen LogP contribution in [0.15, 0.2) is 18.2 Å². The molecule has 1 aromatic rings. The molecule has 98 valence electrons. The lowest BCUT2D eigenvalue weighted by Crippen LogP contribution is -2.18. The molecule has 3 N–H and O–H groups in total. The van der Waals surface area contributed by atoms with Crippen molar-refractivity contribution in [2.75, 3.05) is 24.2 Å². The first-order valence-electron chi connectivity index (χ1n) is 5.47. The van der Waals surface area contributed by atoms with E-state index in [0.29, 0.717) is 6.10 Å². The Kier molecular flexibility index (Phi) is 7.35. The Labute approximate surface area is 115 Å². The van der Waals surface area contributed by atoms with Gasteiger partial charge >= 0.3 is 0 Å². The van der Waals surface area contributed by atoms with Crippen LogP contribution in [0.2, 0.25) is 0 Å². The highest BCUT2D eigenvalue weighted by atomic mass is 35.5. The van der Waals surface area contributed by atoms with Gasteiger partial charge in [0.05, 0.1) is 6.10 Å². The molecule has 0 amide bonds. The number of halogens is 2. The van der Waals surface area contributed by atoms with Crippen molar-refractivity contribution in [2.24, 2.45) is 0 Å². The van der Waals surface area contributed by atoms with Gasteiger partial charge in [-0.2, -0.15) is 0 Å². The first-order valence-corrected chi connectivity index (χ1v) is 5.47. The van der Waals surface area contributed by atoms with E-state index in [4.69, 9.17) is 10.5 Å². The van der Waals surface area contributed by atoms with Gasteiger partial charge in [-0.3, -0.25) is 0 Å². The average molecular weight is 279 g/mol. The molecule has 2 rings (SSSR count). The Hall–Kier alpha value is -0.640. The van der Waals surface area contributed by atoms with Crippen LogP contribution in [0.4, 0.5) is 11.4 Å². The molecule has 1 aliphatic rings. The fourth-order valence-corrected chi connectivity index (χ4v) is 1.91. The van der Waals surface area contributed by atoms with Crippen molar-refractivity contribution >= 4 is 36.2 Å². The van der Waals surface area contributed by atoms with E-state index in [1.807, 2.05) is 18.2 Å². The summed E-state index contributed by atoms with van der Waals surface area (Å²) in [4.78, 5) is 0. The molecule has 0 radical (unpaired) electrons. The molecule has 5 heteroatoms. The van der Waals surface area contributed by atoms with E-state index < -0.39 is 0 Å². The third kappa shape index (κ3) is 4.62. The zero-order chi connectivity index (χ0) is 10.7. The monoisotopic (exact) mass is 278 g/mol. The first-order chi connectivity index (χ1) is 7.25. The maximum absolute atomic E-state index is 5.69. The molecule has 1 aliphatic heterocycles. The van der Waals surface area contributed by atoms with E-state index in [-0.39, 0.29) is 24.8 Å². The van der Waals surface area contributed by atoms with E-state index in [0.717, 1.165) is 24.5 Å². The molecule has 0 aliphatic carbocycles. The number of hydrogen-bond donors (Lipinski definition) is 2. The number of nitrogens with two attached hydrogens (primary N) is 1. The molecule has 3 nitrogen and oxygen atoms in total. The number of anilines is 2. The molecule has 1 heterocycles. The highest BCUT2D eigenvalue weighted by Crippen LogP contribution is 2.19. The number of rotatable bonds is 3. The first kappa shape index (κ1) is 16.4. The molecular formula is C12H20Cl2N2O. The largest absolute Gasteiger partial charge is 0.399 e. The smallest absolute Gasteiger partial charge is 0.0748 e. The molecule has 0 aromatic heterocycles. The minimum atomic E-state index is 0. The average Bonchev–Trinajstić information content (AvgIpc) is 2.69. The van der Waals surface area contributed by atoms with Gasteiger partial charge in [-0.05, 0) is 43.5 Å². The Bertz CT molecular complexity index is 341. The summed E-state index contributed by atoms with van der Waals surface area (Å²) in [5.41, 5.74) is 8.85. The van der Waals surface area contributed by atoms with Crippen molar-refractivity contribution in [1.82, 2.24) is 0 Å². The fraction of sp³-hybridized carbons (Fsp3) is 0.500. The van der Waals surface area contributed by atoms with Gasteiger partial charge in [0.1, 0.15) is 0 Å². The van der Waals surface area contributed by atoms with E-state index in [2.05, 4.69) is 12.2 Å². The van der Waals surface area contributed by atoms with Gasteiger partial charge in [0.25, 0.3) is 0 Å². The Morgan fingerprint density at radius 3 is 2.76 bits per heavy atom. The molecule has 0 bridgehead atoms. The van der Waals surface area contributed by atoms with Crippen LogP contribution in [-0.4, -0.2) is 19.3 Å². The summed E-state index contributed by atoms with van der Waals surface area (Å²) in [7, 11) is 0. The zero-order valence-corrected chi connectivity index (χ0v) is 11.6. The van der Waals surface area contributed by atoms with Crippen molar-refractivity contribution in [2.45, 2.75) is 25.9 Å². The van der Waals surface area contributed by atoms with Crippen LogP contribution in [0.25, 0.3) is 0 Å². The van der Waals surface area contributed by atoms with Crippen LogP contribution >= 0.6 is 24.8 Å². The van der Waals surface area contributed by atoms with E-state index in [9.17, 15) is 0 Å². The molecule has 1 fully saturated rings. The van der Waals surface area contributed by atoms with Crippen LogP contribution in [-0.2, 0) is 4.74 Å². The van der Waals surface area contributed by atoms with Gasteiger partial charge in [0.2, 0.25) is 0 Å². The van der Waals surface area contributed by atoms with Crippen LogP contribution in [0, 0.1) is 6.92 Å². The second-order valence-electron chi connectivity index (χ2n) is 4.09. The Balaban J connectivity index is 0.00000128. The normalized spacial score (nSPS) is 18.1. The summed E-state index contributed by atoms with van der Waals surface area (Å²) in [6, 6.07) is 5.93. The summed E-state index contributed by atoms with van der Waals surface area (Å²) in [5.74, 6) is 0. The summed E-state index contributed by atoms with van der Waals surface area (Å²) >= 11 is 0. The lowest BCUT2D eigenvalue weighted by atomic mass is 10.1. The molecule has 1 unspecified atom stereocenters. The van der Waals surface area contributed by atoms with E-state index >= 15 is 0 Å². The summed E-state index contributed by atoms with van der Waals surface area (Å²) in [5, 5.41) is 3.40. The highest BCUT2D eigenvalue weighted by Gasteiger charge is 2.14. The molecule has 0 saturated carbocycles. The summed E-state index contributed by atoms with van der Waals surface area (Å²) < 4.78 is 5.55. The zero-order valence-electron chi connectivity index (χ0n) is 9.94. The Morgan fingerprint density at radius 2 is 2.18 bits per heavy atom.